The fourth-order valence-corrected chi connectivity index (χ4v) is 7.02. The summed E-state index contributed by atoms with van der Waals surface area (Å²) < 4.78 is 11.2. The van der Waals surface area contributed by atoms with Crippen molar-refractivity contribution in [2.75, 3.05) is 19.1 Å². The van der Waals surface area contributed by atoms with E-state index in [0.717, 1.165) is 17.0 Å². The molecule has 4 aliphatic rings. The fraction of sp³-hybridized carbons (Fsp3) is 0.281. The number of carbonyl (C=O) groups is 5. The zero-order valence-electron chi connectivity index (χ0n) is 23.4. The number of carbonyl (C=O) groups excluding carboxylic acids is 4. The first kappa shape index (κ1) is 28.0. The van der Waals surface area contributed by atoms with E-state index in [-0.39, 0.29) is 69.6 Å². The number of phenolic OH excluding ortho intramolecular Hbond substituents is 1. The highest BCUT2D eigenvalue weighted by atomic mass is 16.5. The Balaban J connectivity index is 1.51. The molecule has 6 rings (SSSR count). The Bertz CT molecular complexity index is 1740. The van der Waals surface area contributed by atoms with Crippen LogP contribution >= 0.6 is 0 Å². The Hall–Kier alpha value is -5.19. The largest absolute Gasteiger partial charge is 0.508 e. The van der Waals surface area contributed by atoms with Gasteiger partial charge in [-0.15, -0.1) is 0 Å². The molecule has 11 heteroatoms. The van der Waals surface area contributed by atoms with Crippen molar-refractivity contribution >= 4 is 35.0 Å². The minimum Gasteiger partial charge on any atom is -0.508 e. The lowest BCUT2D eigenvalue weighted by Crippen LogP contribution is -2.40. The van der Waals surface area contributed by atoms with E-state index in [9.17, 15) is 39.3 Å². The second kappa shape index (κ2) is 9.97. The van der Waals surface area contributed by atoms with Crippen LogP contribution in [0.4, 0.5) is 5.69 Å². The van der Waals surface area contributed by atoms with Gasteiger partial charge in [0.2, 0.25) is 11.8 Å². The Labute approximate surface area is 245 Å². The topological polar surface area (TPSA) is 168 Å². The van der Waals surface area contributed by atoms with Crippen molar-refractivity contribution in [3.63, 3.8) is 0 Å². The zero-order chi connectivity index (χ0) is 30.9. The monoisotopic (exact) mass is 585 g/mol. The summed E-state index contributed by atoms with van der Waals surface area (Å²) >= 11 is 0. The Morgan fingerprint density at radius 2 is 1.63 bits per heavy atom. The molecular weight excluding hydrogens is 558 g/mol. The third kappa shape index (κ3) is 4.06. The molecule has 4 atom stereocenters. The Morgan fingerprint density at radius 1 is 0.953 bits per heavy atom. The number of rotatable bonds is 5. The van der Waals surface area contributed by atoms with E-state index in [1.54, 1.807) is 6.92 Å². The Morgan fingerprint density at radius 3 is 2.23 bits per heavy atom. The molecule has 1 aliphatic heterocycles. The number of imide groups is 1. The molecule has 2 amide bonds. The number of ether oxygens (including phenoxy) is 2. The van der Waals surface area contributed by atoms with Crippen LogP contribution < -0.4 is 14.4 Å². The van der Waals surface area contributed by atoms with E-state index < -0.39 is 47.2 Å². The normalized spacial score (nSPS) is 24.7. The predicted molar refractivity (Wildman–Crippen MR) is 150 cm³/mol. The Kier molecular flexibility index (Phi) is 6.48. The van der Waals surface area contributed by atoms with Crippen molar-refractivity contribution in [2.24, 2.45) is 17.8 Å². The third-order valence-electron chi connectivity index (χ3n) is 8.85. The number of allylic oxidation sites excluding steroid dienone is 6. The molecule has 0 bridgehead atoms. The van der Waals surface area contributed by atoms with Gasteiger partial charge in [-0.05, 0) is 43.9 Å². The van der Waals surface area contributed by atoms with E-state index in [2.05, 4.69) is 0 Å². The molecule has 2 aromatic rings. The lowest BCUT2D eigenvalue weighted by atomic mass is 9.59. The smallest absolute Gasteiger partial charge is 0.339 e. The van der Waals surface area contributed by atoms with Gasteiger partial charge in [0.05, 0.1) is 31.7 Å². The van der Waals surface area contributed by atoms with Crippen LogP contribution in [0.25, 0.3) is 0 Å². The molecule has 11 nitrogen and oxygen atoms in total. The number of benzene rings is 2. The lowest BCUT2D eigenvalue weighted by Gasteiger charge is -2.42. The highest BCUT2D eigenvalue weighted by Crippen LogP contribution is 2.58. The van der Waals surface area contributed by atoms with Gasteiger partial charge in [-0.3, -0.25) is 19.2 Å². The number of fused-ring (bicyclic) bond motifs is 3. The third-order valence-corrected chi connectivity index (χ3v) is 8.85. The van der Waals surface area contributed by atoms with Gasteiger partial charge in [-0.25, -0.2) is 9.69 Å². The number of hydrogen-bond donors (Lipinski definition) is 3. The molecule has 0 radical (unpaired) electrons. The predicted octanol–water partition coefficient (Wildman–Crippen LogP) is 3.45. The summed E-state index contributed by atoms with van der Waals surface area (Å²) in [5, 5.41) is 29.9. The number of Topliss-reactive ketones (excluding diaryl/α,β-unsaturated/α-hetero) is 1. The molecule has 1 heterocycles. The van der Waals surface area contributed by atoms with Crippen LogP contribution in [-0.4, -0.2) is 58.9 Å². The maximum Gasteiger partial charge on any atom is 0.339 e. The first-order valence-electron chi connectivity index (χ1n) is 13.6. The number of carboxylic acid groups (broad SMARTS) is 1. The molecule has 3 N–H and O–H groups in total. The maximum absolute atomic E-state index is 14.1. The number of aromatic hydroxyl groups is 2. The summed E-state index contributed by atoms with van der Waals surface area (Å²) in [5.41, 5.74) is 1.46. The molecule has 220 valence electrons. The van der Waals surface area contributed by atoms with Gasteiger partial charge in [0.15, 0.2) is 11.6 Å². The number of hydrogen-bond acceptors (Lipinski definition) is 9. The number of nitrogens with zero attached hydrogens (tertiary/aromatic N) is 1. The summed E-state index contributed by atoms with van der Waals surface area (Å²) in [6.07, 6.45) is 3.33. The van der Waals surface area contributed by atoms with Gasteiger partial charge in [0.1, 0.15) is 28.6 Å². The maximum atomic E-state index is 14.1. The van der Waals surface area contributed by atoms with Crippen molar-refractivity contribution in [1.82, 2.24) is 0 Å². The molecule has 0 spiro atoms. The van der Waals surface area contributed by atoms with Crippen molar-refractivity contribution in [1.29, 1.82) is 0 Å². The van der Waals surface area contributed by atoms with Gasteiger partial charge in [-0.2, -0.15) is 0 Å². The zero-order valence-corrected chi connectivity index (χ0v) is 23.4. The summed E-state index contributed by atoms with van der Waals surface area (Å²) in [6, 6.07) is 6.24. The van der Waals surface area contributed by atoms with E-state index in [1.165, 1.54) is 38.5 Å². The quantitative estimate of drug-likeness (QED) is 0.269. The van der Waals surface area contributed by atoms with Gasteiger partial charge in [-0.1, -0.05) is 11.6 Å². The summed E-state index contributed by atoms with van der Waals surface area (Å²) in [5.74, 6) is -6.60. The highest BCUT2D eigenvalue weighted by molar-refractivity contribution is 6.25. The number of phenols is 2. The van der Waals surface area contributed by atoms with Crippen molar-refractivity contribution in [3.05, 3.63) is 75.9 Å². The van der Waals surface area contributed by atoms with E-state index >= 15 is 0 Å². The van der Waals surface area contributed by atoms with Crippen molar-refractivity contribution in [3.8, 4) is 23.0 Å². The van der Waals surface area contributed by atoms with E-state index in [1.807, 2.05) is 6.08 Å². The van der Waals surface area contributed by atoms with Crippen LogP contribution in [0.15, 0.2) is 64.8 Å². The average Bonchev–Trinajstić information content (AvgIpc) is 3.23. The van der Waals surface area contributed by atoms with Crippen LogP contribution in [0.2, 0.25) is 0 Å². The van der Waals surface area contributed by atoms with Gasteiger partial charge >= 0.3 is 5.97 Å². The second-order valence-electron chi connectivity index (χ2n) is 11.0. The summed E-state index contributed by atoms with van der Waals surface area (Å²) in [4.78, 5) is 67.2. The second-order valence-corrected chi connectivity index (χ2v) is 11.0. The molecule has 43 heavy (non-hydrogen) atoms. The van der Waals surface area contributed by atoms with Gasteiger partial charge < -0.3 is 24.8 Å². The van der Waals surface area contributed by atoms with Crippen LogP contribution in [0.1, 0.15) is 41.6 Å². The first-order valence-corrected chi connectivity index (χ1v) is 13.6. The number of anilines is 1. The lowest BCUT2D eigenvalue weighted by molar-refractivity contribution is -0.123. The fourth-order valence-electron chi connectivity index (χ4n) is 7.02. The molecule has 0 saturated carbocycles. The van der Waals surface area contributed by atoms with Gasteiger partial charge in [0, 0.05) is 46.4 Å². The van der Waals surface area contributed by atoms with Crippen LogP contribution in [0.3, 0.4) is 0 Å². The molecule has 0 aromatic heterocycles. The number of carboxylic acids is 1. The highest BCUT2D eigenvalue weighted by Gasteiger charge is 2.57. The summed E-state index contributed by atoms with van der Waals surface area (Å²) in [6.45, 7) is 1.55. The molecule has 1 saturated heterocycles. The molecule has 1 fully saturated rings. The van der Waals surface area contributed by atoms with Crippen LogP contribution in [0, 0.1) is 17.8 Å². The van der Waals surface area contributed by atoms with Crippen molar-refractivity contribution in [2.45, 2.75) is 25.7 Å². The molecule has 3 aliphatic carbocycles. The number of amides is 2. The minimum atomic E-state index is -1.36. The van der Waals surface area contributed by atoms with Crippen molar-refractivity contribution < 1.29 is 48.8 Å². The number of aromatic carboxylic acids is 1. The van der Waals surface area contributed by atoms with Crippen LogP contribution in [-0.2, 0) is 19.2 Å². The number of ketones is 2. The summed E-state index contributed by atoms with van der Waals surface area (Å²) in [7, 11) is 2.80. The minimum absolute atomic E-state index is 0.0327. The molecule has 2 aromatic carbocycles. The first-order chi connectivity index (χ1) is 20.5. The number of methoxy groups -OCH3 is 2. The van der Waals surface area contributed by atoms with Gasteiger partial charge in [0.25, 0.3) is 0 Å². The van der Waals surface area contributed by atoms with Crippen LogP contribution in [0.5, 0.6) is 23.0 Å². The standard InChI is InChI=1S/C32H27NO10/c1-13-8-22(36)26-20(29(13)37)12-19-16(27(26)28-23(42-2)10-15(34)11-24(28)43-3)6-7-18-25(19)31(39)33(30(18)38)14-4-5-17(32(40)41)21(35)9-14/h4-6,8-11,18-19,25,27,34-35H,7,12H2,1-3H3,(H,40,41)/t18-,19+,25-,27-/m0/s1. The molecular formula is C32H27NO10. The SMILES string of the molecule is COc1cc(O)cc(OC)c1[C@H]1C2=CC[C@@H]3C(=O)N(c4ccc(C(=O)O)c(O)c4)C(=O)[C@@H]3[C@@H]2CC2=C1C(=O)C=C(C)C2=O. The van der Waals surface area contributed by atoms with E-state index in [0.29, 0.717) is 11.1 Å². The molecule has 0 unspecified atom stereocenters. The van der Waals surface area contributed by atoms with E-state index in [4.69, 9.17) is 9.47 Å². The average molecular weight is 586 g/mol.